The molecule has 0 fully saturated rings. The number of aliphatic hydroxyl groups is 1. The summed E-state index contributed by atoms with van der Waals surface area (Å²) >= 11 is 0. The first kappa shape index (κ1) is 12.0. The van der Waals surface area contributed by atoms with E-state index in [4.69, 9.17) is 10.2 Å². The van der Waals surface area contributed by atoms with Crippen LogP contribution in [0, 0.1) is 5.92 Å². The molecule has 15 heavy (non-hydrogen) atoms. The second kappa shape index (κ2) is 4.23. The highest BCUT2D eigenvalue weighted by atomic mass is 16.4. The van der Waals surface area contributed by atoms with E-state index in [-0.39, 0.29) is 18.6 Å². The van der Waals surface area contributed by atoms with Crippen LogP contribution in [0.2, 0.25) is 0 Å². The normalized spacial score (nSPS) is 25.6. The lowest BCUT2D eigenvalue weighted by atomic mass is 10.0. The maximum absolute atomic E-state index is 11.2. The standard InChI is InChI=1S/C11H19NO3/c1-11(2,3)12(10(14)15)9-5-4-8(6-9)7-13/h4-5,8-9,13H,6-7H2,1-3H3,(H,14,15). The van der Waals surface area contributed by atoms with E-state index in [2.05, 4.69) is 0 Å². The van der Waals surface area contributed by atoms with Crippen molar-refractivity contribution in [2.45, 2.75) is 38.8 Å². The van der Waals surface area contributed by atoms with Crippen LogP contribution in [0.3, 0.4) is 0 Å². The summed E-state index contributed by atoms with van der Waals surface area (Å²) in [5.74, 6) is 0.0965. The third-order valence-electron chi connectivity index (χ3n) is 2.64. The lowest BCUT2D eigenvalue weighted by Crippen LogP contribution is -2.50. The number of nitrogens with zero attached hydrogens (tertiary/aromatic N) is 1. The van der Waals surface area contributed by atoms with Gasteiger partial charge in [0, 0.05) is 18.1 Å². The lowest BCUT2D eigenvalue weighted by Gasteiger charge is -2.37. The molecule has 4 heteroatoms. The summed E-state index contributed by atoms with van der Waals surface area (Å²) in [6, 6.07) is -0.111. The van der Waals surface area contributed by atoms with Gasteiger partial charge >= 0.3 is 6.09 Å². The van der Waals surface area contributed by atoms with Crippen molar-refractivity contribution in [2.24, 2.45) is 5.92 Å². The molecule has 2 atom stereocenters. The molecule has 1 amide bonds. The van der Waals surface area contributed by atoms with E-state index in [0.29, 0.717) is 6.42 Å². The average molecular weight is 213 g/mol. The van der Waals surface area contributed by atoms with Crippen LogP contribution < -0.4 is 0 Å². The summed E-state index contributed by atoms with van der Waals surface area (Å²) in [5, 5.41) is 18.1. The molecule has 4 nitrogen and oxygen atoms in total. The Balaban J connectivity index is 2.77. The fourth-order valence-corrected chi connectivity index (χ4v) is 2.01. The topological polar surface area (TPSA) is 60.8 Å². The number of amides is 1. The summed E-state index contributed by atoms with van der Waals surface area (Å²) < 4.78 is 0. The largest absolute Gasteiger partial charge is 0.465 e. The molecule has 1 aliphatic rings. The van der Waals surface area contributed by atoms with Crippen LogP contribution in [-0.4, -0.2) is 39.4 Å². The van der Waals surface area contributed by atoms with E-state index >= 15 is 0 Å². The molecule has 0 heterocycles. The maximum atomic E-state index is 11.2. The minimum atomic E-state index is -0.907. The van der Waals surface area contributed by atoms with Gasteiger partial charge in [-0.05, 0) is 27.2 Å². The van der Waals surface area contributed by atoms with Gasteiger partial charge in [-0.15, -0.1) is 0 Å². The van der Waals surface area contributed by atoms with Gasteiger partial charge in [0.2, 0.25) is 0 Å². The SMILES string of the molecule is CC(C)(C)N(C(=O)O)C1C=CC(CO)C1. The Morgan fingerprint density at radius 3 is 2.40 bits per heavy atom. The van der Waals surface area contributed by atoms with Crippen LogP contribution in [0.15, 0.2) is 12.2 Å². The molecular formula is C11H19NO3. The first-order valence-corrected chi connectivity index (χ1v) is 5.17. The van der Waals surface area contributed by atoms with Crippen molar-refractivity contribution in [2.75, 3.05) is 6.61 Å². The number of rotatable bonds is 2. The van der Waals surface area contributed by atoms with Crippen LogP contribution in [0.4, 0.5) is 4.79 Å². The van der Waals surface area contributed by atoms with Crippen molar-refractivity contribution in [1.29, 1.82) is 0 Å². The predicted molar refractivity (Wildman–Crippen MR) is 57.7 cm³/mol. The highest BCUT2D eigenvalue weighted by Gasteiger charge is 2.34. The Bertz CT molecular complexity index is 267. The lowest BCUT2D eigenvalue weighted by molar-refractivity contribution is 0.0784. The van der Waals surface area contributed by atoms with Gasteiger partial charge in [0.05, 0.1) is 6.04 Å². The molecule has 0 saturated carbocycles. The van der Waals surface area contributed by atoms with Crippen LogP contribution in [0.5, 0.6) is 0 Å². The molecule has 2 unspecified atom stereocenters. The smallest absolute Gasteiger partial charge is 0.408 e. The molecule has 2 N–H and O–H groups in total. The van der Waals surface area contributed by atoms with E-state index in [1.807, 2.05) is 32.9 Å². The first-order chi connectivity index (χ1) is 6.86. The summed E-state index contributed by atoms with van der Waals surface area (Å²) in [7, 11) is 0. The highest BCUT2D eigenvalue weighted by molar-refractivity contribution is 5.67. The first-order valence-electron chi connectivity index (χ1n) is 5.17. The number of aliphatic hydroxyl groups excluding tert-OH is 1. The predicted octanol–water partition coefficient (Wildman–Crippen LogP) is 1.70. The Kier molecular flexibility index (Phi) is 3.39. The zero-order valence-electron chi connectivity index (χ0n) is 9.47. The number of hydrogen-bond donors (Lipinski definition) is 2. The van der Waals surface area contributed by atoms with Gasteiger partial charge in [0.1, 0.15) is 0 Å². The van der Waals surface area contributed by atoms with Crippen LogP contribution in [-0.2, 0) is 0 Å². The van der Waals surface area contributed by atoms with Gasteiger partial charge in [-0.2, -0.15) is 0 Å². The molecule has 0 aromatic rings. The highest BCUT2D eigenvalue weighted by Crippen LogP contribution is 2.27. The van der Waals surface area contributed by atoms with Crippen molar-refractivity contribution in [1.82, 2.24) is 4.90 Å². The van der Waals surface area contributed by atoms with Crippen LogP contribution in [0.25, 0.3) is 0 Å². The molecule has 1 aliphatic carbocycles. The summed E-state index contributed by atoms with van der Waals surface area (Å²) in [4.78, 5) is 12.6. The molecule has 0 aromatic carbocycles. The average Bonchev–Trinajstić information content (AvgIpc) is 2.49. The van der Waals surface area contributed by atoms with Gasteiger partial charge in [-0.3, -0.25) is 4.90 Å². The van der Waals surface area contributed by atoms with Gasteiger partial charge in [-0.25, -0.2) is 4.79 Å². The number of carboxylic acid groups (broad SMARTS) is 1. The van der Waals surface area contributed by atoms with E-state index in [9.17, 15) is 4.79 Å². The molecule has 0 aliphatic heterocycles. The molecule has 0 radical (unpaired) electrons. The maximum Gasteiger partial charge on any atom is 0.408 e. The fraction of sp³-hybridized carbons (Fsp3) is 0.727. The molecule has 86 valence electrons. The zero-order valence-corrected chi connectivity index (χ0v) is 9.47. The van der Waals surface area contributed by atoms with Crippen LogP contribution >= 0.6 is 0 Å². The molecule has 0 bridgehead atoms. The van der Waals surface area contributed by atoms with Gasteiger partial charge in [0.25, 0.3) is 0 Å². The third kappa shape index (κ3) is 2.72. The Morgan fingerprint density at radius 1 is 1.47 bits per heavy atom. The second-order valence-corrected chi connectivity index (χ2v) is 4.95. The van der Waals surface area contributed by atoms with E-state index in [1.54, 1.807) is 0 Å². The Hall–Kier alpha value is -1.03. The Labute approximate surface area is 90.2 Å². The number of hydrogen-bond acceptors (Lipinski definition) is 2. The monoisotopic (exact) mass is 213 g/mol. The quantitative estimate of drug-likeness (QED) is 0.686. The van der Waals surface area contributed by atoms with Crippen molar-refractivity contribution < 1.29 is 15.0 Å². The molecule has 1 rings (SSSR count). The summed E-state index contributed by atoms with van der Waals surface area (Å²) in [5.41, 5.74) is -0.412. The summed E-state index contributed by atoms with van der Waals surface area (Å²) in [6.45, 7) is 5.72. The van der Waals surface area contributed by atoms with Crippen molar-refractivity contribution >= 4 is 6.09 Å². The number of carbonyl (C=O) groups is 1. The molecular weight excluding hydrogens is 194 g/mol. The van der Waals surface area contributed by atoms with Crippen molar-refractivity contribution in [3.63, 3.8) is 0 Å². The third-order valence-corrected chi connectivity index (χ3v) is 2.64. The fourth-order valence-electron chi connectivity index (χ4n) is 2.01. The second-order valence-electron chi connectivity index (χ2n) is 4.95. The van der Waals surface area contributed by atoms with E-state index in [1.165, 1.54) is 4.90 Å². The minimum Gasteiger partial charge on any atom is -0.465 e. The van der Waals surface area contributed by atoms with Gasteiger partial charge < -0.3 is 10.2 Å². The van der Waals surface area contributed by atoms with E-state index < -0.39 is 11.6 Å². The van der Waals surface area contributed by atoms with Gasteiger partial charge in [-0.1, -0.05) is 12.2 Å². The zero-order chi connectivity index (χ0) is 11.6. The van der Waals surface area contributed by atoms with Crippen molar-refractivity contribution in [3.05, 3.63) is 12.2 Å². The van der Waals surface area contributed by atoms with E-state index in [0.717, 1.165) is 0 Å². The molecule has 0 spiro atoms. The van der Waals surface area contributed by atoms with Crippen LogP contribution in [0.1, 0.15) is 27.2 Å². The van der Waals surface area contributed by atoms with Gasteiger partial charge in [0.15, 0.2) is 0 Å². The van der Waals surface area contributed by atoms with Crippen molar-refractivity contribution in [3.8, 4) is 0 Å². The summed E-state index contributed by atoms with van der Waals surface area (Å²) in [6.07, 6.45) is 3.54. The Morgan fingerprint density at radius 2 is 2.07 bits per heavy atom. The molecule has 0 aromatic heterocycles. The minimum absolute atomic E-state index is 0.0879. The molecule has 0 saturated heterocycles.